The van der Waals surface area contributed by atoms with Crippen molar-refractivity contribution in [3.8, 4) is 5.69 Å². The van der Waals surface area contributed by atoms with Crippen LogP contribution in [0.1, 0.15) is 103 Å². The summed E-state index contributed by atoms with van der Waals surface area (Å²) in [4.78, 5) is 59.8. The Balaban J connectivity index is 1.06. The van der Waals surface area contributed by atoms with E-state index in [1.807, 2.05) is 0 Å². The van der Waals surface area contributed by atoms with Crippen molar-refractivity contribution in [2.24, 2.45) is 0 Å². The summed E-state index contributed by atoms with van der Waals surface area (Å²) in [6.45, 7) is 0.756. The van der Waals surface area contributed by atoms with Gasteiger partial charge in [-0.05, 0) is 67.2 Å². The van der Waals surface area contributed by atoms with Crippen LogP contribution in [0.5, 0.6) is 0 Å². The number of halogens is 6. The number of nitrogens with one attached hydrogen (secondary N) is 1. The van der Waals surface area contributed by atoms with Crippen molar-refractivity contribution >= 4 is 23.6 Å². The number of likely N-dealkylation sites (tertiary alicyclic amines) is 2. The van der Waals surface area contributed by atoms with Crippen LogP contribution < -0.4 is 0 Å². The fraction of sp³-hybridized carbons (Fsp3) is 0.500. The van der Waals surface area contributed by atoms with Crippen LogP contribution in [-0.4, -0.2) is 130 Å². The van der Waals surface area contributed by atoms with Gasteiger partial charge in [0.25, 0.3) is 11.8 Å². The minimum absolute atomic E-state index is 0.00278. The molecule has 0 aliphatic carbocycles. The van der Waals surface area contributed by atoms with Gasteiger partial charge in [0, 0.05) is 83.3 Å². The van der Waals surface area contributed by atoms with Gasteiger partial charge in [0.2, 0.25) is 11.8 Å². The van der Waals surface area contributed by atoms with Gasteiger partial charge in [-0.25, -0.2) is 4.68 Å². The first kappa shape index (κ1) is 44.8. The average Bonchev–Trinajstić information content (AvgIpc) is 3.89. The molecule has 0 atom stereocenters. The summed E-state index contributed by atoms with van der Waals surface area (Å²) >= 11 is 0. The van der Waals surface area contributed by atoms with E-state index in [0.29, 0.717) is 24.1 Å². The summed E-state index contributed by atoms with van der Waals surface area (Å²) in [5.41, 5.74) is 0.254. The Morgan fingerprint density at radius 3 is 1.83 bits per heavy atom. The molecule has 4 aliphatic heterocycles. The van der Waals surface area contributed by atoms with Crippen molar-refractivity contribution < 1.29 is 55.0 Å². The first-order valence-corrected chi connectivity index (χ1v) is 21.2. The number of amides is 4. The van der Waals surface area contributed by atoms with Gasteiger partial charge < -0.3 is 29.1 Å². The van der Waals surface area contributed by atoms with Crippen molar-refractivity contribution in [1.29, 1.82) is 0 Å². The molecule has 4 amide bonds. The largest absolute Gasteiger partial charge is 0.418 e. The van der Waals surface area contributed by atoms with E-state index in [2.05, 4.69) is 15.3 Å². The molecule has 2 aromatic carbocycles. The molecule has 6 heterocycles. The Kier molecular flexibility index (Phi) is 12.6. The maximum atomic E-state index is 15.5. The van der Waals surface area contributed by atoms with Gasteiger partial charge in [-0.1, -0.05) is 30.3 Å². The number of H-pyrrole nitrogens is 1. The molecule has 0 unspecified atom stereocenters. The number of hydrogen-bond donors (Lipinski definition) is 1. The molecule has 1 N–H and O–H groups in total. The third-order valence-corrected chi connectivity index (χ3v) is 12.9. The highest BCUT2D eigenvalue weighted by Crippen LogP contribution is 2.44. The van der Waals surface area contributed by atoms with E-state index in [1.165, 1.54) is 54.4 Å². The molecule has 0 saturated carbocycles. The highest BCUT2D eigenvalue weighted by Gasteiger charge is 2.43. The lowest BCUT2D eigenvalue weighted by atomic mass is 9.85. The standard InChI is InChI=1S/C44H48F6N8O6/c1-63-24-36(59)56-21-15-33-31(22-56)39(52-51-33)41(61)54-18-12-27(13-19-54)29-7-5-9-34(38(29)44(48,49)50)58-35-23-57(37(60)25-64-2)20-14-30(35)40(53-58)42(62)55-16-10-26(11-17-55)28-6-3-4-8-32(28)43(45,46)47/h3-9,26-27H,10-25H2,1-2H3,(H,51,52). The molecule has 2 saturated heterocycles. The third-order valence-electron chi connectivity index (χ3n) is 12.9. The number of piperidine rings is 2. The van der Waals surface area contributed by atoms with E-state index in [1.54, 1.807) is 15.9 Å². The zero-order valence-electron chi connectivity index (χ0n) is 35.4. The van der Waals surface area contributed by atoms with Gasteiger partial charge in [-0.2, -0.15) is 36.5 Å². The van der Waals surface area contributed by atoms with Crippen LogP contribution in [0.2, 0.25) is 0 Å². The quantitative estimate of drug-likeness (QED) is 0.210. The molecule has 14 nitrogen and oxygen atoms in total. The molecule has 4 aromatic rings. The number of aromatic amines is 1. The smallest absolute Gasteiger partial charge is 0.375 e. The number of alkyl halides is 6. The van der Waals surface area contributed by atoms with Crippen LogP contribution in [0.3, 0.4) is 0 Å². The number of aromatic nitrogens is 4. The van der Waals surface area contributed by atoms with Crippen molar-refractivity contribution in [3.05, 3.63) is 98.6 Å². The SMILES string of the molecule is COCC(=O)N1CCc2[nH]nc(C(=O)N3CCC(c4cccc(-n5nc(C(=O)N6CCC(c7ccccc7C(F)(F)F)CC6)c6c5CN(C(=O)COC)CC6)c4C(F)(F)F)CC3)c2C1. The average molecular weight is 899 g/mol. The topological polar surface area (TPSA) is 146 Å². The Bertz CT molecular complexity index is 2410. The highest BCUT2D eigenvalue weighted by atomic mass is 19.4. The molecular formula is C44H48F6N8O6. The number of benzene rings is 2. The summed E-state index contributed by atoms with van der Waals surface area (Å²) < 4.78 is 99.3. The third kappa shape index (κ3) is 8.73. The molecule has 4 aliphatic rings. The second-order valence-corrected chi connectivity index (χ2v) is 16.7. The molecule has 2 fully saturated rings. The highest BCUT2D eigenvalue weighted by molar-refractivity contribution is 5.95. The first-order chi connectivity index (χ1) is 30.6. The van der Waals surface area contributed by atoms with E-state index >= 15 is 13.2 Å². The monoisotopic (exact) mass is 898 g/mol. The van der Waals surface area contributed by atoms with Gasteiger partial charge in [-0.15, -0.1) is 0 Å². The van der Waals surface area contributed by atoms with Crippen molar-refractivity contribution in [3.63, 3.8) is 0 Å². The van der Waals surface area contributed by atoms with Crippen LogP contribution in [0, 0.1) is 0 Å². The van der Waals surface area contributed by atoms with Crippen LogP contribution in [0.25, 0.3) is 5.69 Å². The van der Waals surface area contributed by atoms with E-state index in [4.69, 9.17) is 9.47 Å². The van der Waals surface area contributed by atoms with E-state index < -0.39 is 47.1 Å². The zero-order valence-corrected chi connectivity index (χ0v) is 35.4. The number of methoxy groups -OCH3 is 2. The maximum Gasteiger partial charge on any atom is 0.418 e. The Morgan fingerprint density at radius 1 is 0.656 bits per heavy atom. The van der Waals surface area contributed by atoms with E-state index in [9.17, 15) is 32.3 Å². The molecule has 0 spiro atoms. The van der Waals surface area contributed by atoms with E-state index in [0.717, 1.165) is 16.4 Å². The van der Waals surface area contributed by atoms with Crippen LogP contribution in [-0.2, 0) is 57.3 Å². The molecule has 20 heteroatoms. The zero-order chi connectivity index (χ0) is 45.5. The second-order valence-electron chi connectivity index (χ2n) is 16.7. The lowest BCUT2D eigenvalue weighted by molar-refractivity contribution is -0.139. The number of fused-ring (bicyclic) bond motifs is 2. The second kappa shape index (κ2) is 18.0. The Morgan fingerprint density at radius 2 is 1.22 bits per heavy atom. The number of carbonyl (C=O) groups is 4. The fourth-order valence-electron chi connectivity index (χ4n) is 9.70. The van der Waals surface area contributed by atoms with Crippen LogP contribution >= 0.6 is 0 Å². The number of ether oxygens (including phenoxy) is 2. The minimum Gasteiger partial charge on any atom is -0.375 e. The van der Waals surface area contributed by atoms with Gasteiger partial charge in [0.1, 0.15) is 13.2 Å². The summed E-state index contributed by atoms with van der Waals surface area (Å²) in [5, 5.41) is 11.8. The van der Waals surface area contributed by atoms with Gasteiger partial charge >= 0.3 is 12.4 Å². The van der Waals surface area contributed by atoms with Gasteiger partial charge in [0.15, 0.2) is 11.4 Å². The first-order valence-electron chi connectivity index (χ1n) is 21.2. The predicted molar refractivity (Wildman–Crippen MR) is 216 cm³/mol. The Hall–Kier alpha value is -5.76. The lowest BCUT2D eigenvalue weighted by Gasteiger charge is -2.34. The molecule has 0 radical (unpaired) electrons. The predicted octanol–water partition coefficient (Wildman–Crippen LogP) is 5.73. The van der Waals surface area contributed by atoms with E-state index in [-0.39, 0.29) is 137 Å². The molecule has 2 aromatic heterocycles. The van der Waals surface area contributed by atoms with Gasteiger partial charge in [-0.3, -0.25) is 24.3 Å². The molecule has 342 valence electrons. The van der Waals surface area contributed by atoms with Crippen molar-refractivity contribution in [2.45, 2.75) is 75.8 Å². The molecule has 8 rings (SSSR count). The van der Waals surface area contributed by atoms with Crippen LogP contribution in [0.15, 0.2) is 42.5 Å². The van der Waals surface area contributed by atoms with Crippen molar-refractivity contribution in [1.82, 2.24) is 39.6 Å². The molecule has 0 bridgehead atoms. The summed E-state index contributed by atoms with van der Waals surface area (Å²) in [7, 11) is 2.78. The number of rotatable bonds is 9. The lowest BCUT2D eigenvalue weighted by Crippen LogP contribution is -2.41. The minimum atomic E-state index is -4.89. The molecule has 64 heavy (non-hydrogen) atoms. The number of nitrogens with zero attached hydrogens (tertiary/aromatic N) is 7. The van der Waals surface area contributed by atoms with Gasteiger partial charge in [0.05, 0.1) is 29.1 Å². The number of hydrogen-bond acceptors (Lipinski definition) is 8. The summed E-state index contributed by atoms with van der Waals surface area (Å²) in [5.74, 6) is -2.64. The summed E-state index contributed by atoms with van der Waals surface area (Å²) in [6.07, 6.45) is -7.96. The maximum absolute atomic E-state index is 15.5. The van der Waals surface area contributed by atoms with Crippen molar-refractivity contribution in [2.75, 3.05) is 66.7 Å². The fourth-order valence-corrected chi connectivity index (χ4v) is 9.70. The normalized spacial score (nSPS) is 17.7. The summed E-state index contributed by atoms with van der Waals surface area (Å²) in [6, 6.07) is 9.57. The molecular weight excluding hydrogens is 851 g/mol. The number of carbonyl (C=O) groups excluding carboxylic acids is 4. The Labute approximate surface area is 364 Å². The van der Waals surface area contributed by atoms with Crippen LogP contribution in [0.4, 0.5) is 26.3 Å².